The number of hydrogen-bond donors (Lipinski definition) is 2. The molecule has 0 radical (unpaired) electrons. The Labute approximate surface area is 162 Å². The molecule has 1 heterocycles. The van der Waals surface area contributed by atoms with E-state index in [1.54, 1.807) is 44.6 Å². The normalized spacial score (nSPS) is 10.5. The van der Waals surface area contributed by atoms with E-state index in [-0.39, 0.29) is 11.7 Å². The highest BCUT2D eigenvalue weighted by Gasteiger charge is 2.12. The maximum absolute atomic E-state index is 12.0. The molecule has 28 heavy (non-hydrogen) atoms. The van der Waals surface area contributed by atoms with Crippen molar-refractivity contribution in [2.24, 2.45) is 0 Å². The van der Waals surface area contributed by atoms with E-state index >= 15 is 0 Å². The highest BCUT2D eigenvalue weighted by molar-refractivity contribution is 5.90. The van der Waals surface area contributed by atoms with Gasteiger partial charge in [-0.1, -0.05) is 11.2 Å². The second-order valence-corrected chi connectivity index (χ2v) is 6.03. The molecule has 0 saturated heterocycles. The third-order valence-corrected chi connectivity index (χ3v) is 4.03. The van der Waals surface area contributed by atoms with Crippen LogP contribution in [0.1, 0.15) is 18.7 Å². The molecule has 8 nitrogen and oxygen atoms in total. The summed E-state index contributed by atoms with van der Waals surface area (Å²) in [5.74, 6) is 2.05. The van der Waals surface area contributed by atoms with Crippen LogP contribution < -0.4 is 14.8 Å². The van der Waals surface area contributed by atoms with Crippen molar-refractivity contribution in [3.63, 3.8) is 0 Å². The Balaban J connectivity index is 1.54. The molecule has 0 fully saturated rings. The standard InChI is InChI=1S/C20H21N3O5/c1-26-16-10-9-13(11-17(16)27-2)20-22-19(28-23-20)8-4-7-18(25)21-14-5-3-6-15(24)12-14/h3,5-6,9-12,24H,4,7-8H2,1-2H3,(H,21,25). The Bertz CT molecular complexity index is 955. The summed E-state index contributed by atoms with van der Waals surface area (Å²) >= 11 is 0. The van der Waals surface area contributed by atoms with Gasteiger partial charge in [-0.3, -0.25) is 4.79 Å². The van der Waals surface area contributed by atoms with Crippen LogP contribution in [0, 0.1) is 0 Å². The van der Waals surface area contributed by atoms with Crippen LogP contribution in [0.15, 0.2) is 47.0 Å². The highest BCUT2D eigenvalue weighted by Crippen LogP contribution is 2.31. The van der Waals surface area contributed by atoms with Crippen LogP contribution in [0.2, 0.25) is 0 Å². The van der Waals surface area contributed by atoms with Crippen LogP contribution in [-0.4, -0.2) is 35.4 Å². The number of amides is 1. The maximum Gasteiger partial charge on any atom is 0.226 e. The Morgan fingerprint density at radius 1 is 1.14 bits per heavy atom. The summed E-state index contributed by atoms with van der Waals surface area (Å²) in [6, 6.07) is 11.8. The lowest BCUT2D eigenvalue weighted by Crippen LogP contribution is -2.11. The minimum atomic E-state index is -0.148. The first-order valence-electron chi connectivity index (χ1n) is 8.73. The molecule has 0 aliphatic carbocycles. The number of anilines is 1. The zero-order valence-electron chi connectivity index (χ0n) is 15.6. The van der Waals surface area contributed by atoms with Gasteiger partial charge in [-0.25, -0.2) is 0 Å². The second-order valence-electron chi connectivity index (χ2n) is 6.03. The second kappa shape index (κ2) is 8.90. The van der Waals surface area contributed by atoms with Crippen LogP contribution in [0.3, 0.4) is 0 Å². The zero-order valence-corrected chi connectivity index (χ0v) is 15.6. The van der Waals surface area contributed by atoms with Gasteiger partial charge in [0.1, 0.15) is 5.75 Å². The van der Waals surface area contributed by atoms with Gasteiger partial charge in [0.05, 0.1) is 14.2 Å². The molecule has 1 amide bonds. The van der Waals surface area contributed by atoms with Gasteiger partial charge in [0.15, 0.2) is 11.5 Å². The molecular weight excluding hydrogens is 362 g/mol. The van der Waals surface area contributed by atoms with E-state index in [2.05, 4.69) is 15.5 Å². The molecule has 146 valence electrons. The predicted octanol–water partition coefficient (Wildman–Crippen LogP) is 3.42. The average Bonchev–Trinajstić information content (AvgIpc) is 3.16. The molecule has 0 saturated carbocycles. The molecule has 1 aromatic heterocycles. The maximum atomic E-state index is 12.0. The highest BCUT2D eigenvalue weighted by atomic mass is 16.5. The molecule has 0 spiro atoms. The number of phenolic OH excluding ortho intramolecular Hbond substituents is 1. The Hall–Kier alpha value is -3.55. The molecule has 3 rings (SSSR count). The summed E-state index contributed by atoms with van der Waals surface area (Å²) in [7, 11) is 3.13. The van der Waals surface area contributed by atoms with Gasteiger partial charge in [-0.05, 0) is 36.8 Å². The zero-order chi connectivity index (χ0) is 19.9. The molecule has 2 aromatic carbocycles. The number of aromatic nitrogens is 2. The number of methoxy groups -OCH3 is 2. The molecule has 0 aliphatic rings. The Morgan fingerprint density at radius 3 is 2.71 bits per heavy atom. The summed E-state index contributed by atoms with van der Waals surface area (Å²) < 4.78 is 15.8. The average molecular weight is 383 g/mol. The van der Waals surface area contributed by atoms with E-state index < -0.39 is 0 Å². The number of aromatic hydroxyl groups is 1. The quantitative estimate of drug-likeness (QED) is 0.614. The fraction of sp³-hybridized carbons (Fsp3) is 0.250. The van der Waals surface area contributed by atoms with Crippen LogP contribution >= 0.6 is 0 Å². The van der Waals surface area contributed by atoms with Crippen LogP contribution in [0.5, 0.6) is 17.2 Å². The first-order valence-corrected chi connectivity index (χ1v) is 8.73. The van der Waals surface area contributed by atoms with Crippen molar-refractivity contribution in [2.75, 3.05) is 19.5 Å². The monoisotopic (exact) mass is 383 g/mol. The molecule has 8 heteroatoms. The van der Waals surface area contributed by atoms with Gasteiger partial charge in [-0.2, -0.15) is 4.98 Å². The van der Waals surface area contributed by atoms with Gasteiger partial charge in [0.2, 0.25) is 17.6 Å². The summed E-state index contributed by atoms with van der Waals surface area (Å²) in [5, 5.41) is 16.1. The fourth-order valence-corrected chi connectivity index (χ4v) is 2.66. The van der Waals surface area contributed by atoms with Crippen molar-refractivity contribution >= 4 is 11.6 Å². The van der Waals surface area contributed by atoms with Gasteiger partial charge in [-0.15, -0.1) is 0 Å². The lowest BCUT2D eigenvalue weighted by Gasteiger charge is -2.07. The van der Waals surface area contributed by atoms with Crippen LogP contribution in [0.4, 0.5) is 5.69 Å². The smallest absolute Gasteiger partial charge is 0.226 e. The first-order chi connectivity index (χ1) is 13.6. The Morgan fingerprint density at radius 2 is 1.96 bits per heavy atom. The number of carbonyl (C=O) groups is 1. The van der Waals surface area contributed by atoms with Crippen molar-refractivity contribution in [1.82, 2.24) is 10.1 Å². The number of hydrogen-bond acceptors (Lipinski definition) is 7. The van der Waals surface area contributed by atoms with Gasteiger partial charge >= 0.3 is 0 Å². The van der Waals surface area contributed by atoms with Gasteiger partial charge < -0.3 is 24.4 Å². The lowest BCUT2D eigenvalue weighted by molar-refractivity contribution is -0.116. The number of aryl methyl sites for hydroxylation is 1. The molecule has 0 unspecified atom stereocenters. The van der Waals surface area contributed by atoms with E-state index in [1.807, 2.05) is 6.07 Å². The van der Waals surface area contributed by atoms with Crippen molar-refractivity contribution in [3.05, 3.63) is 48.4 Å². The minimum Gasteiger partial charge on any atom is -0.508 e. The van der Waals surface area contributed by atoms with Crippen LogP contribution in [-0.2, 0) is 11.2 Å². The van der Waals surface area contributed by atoms with Crippen molar-refractivity contribution in [3.8, 4) is 28.6 Å². The molecular formula is C20H21N3O5. The van der Waals surface area contributed by atoms with Gasteiger partial charge in [0.25, 0.3) is 0 Å². The van der Waals surface area contributed by atoms with Crippen molar-refractivity contribution < 1.29 is 23.9 Å². The molecule has 0 bridgehead atoms. The van der Waals surface area contributed by atoms with Gasteiger partial charge in [0, 0.05) is 30.2 Å². The van der Waals surface area contributed by atoms with E-state index in [1.165, 1.54) is 6.07 Å². The van der Waals surface area contributed by atoms with E-state index in [0.29, 0.717) is 48.2 Å². The predicted molar refractivity (Wildman–Crippen MR) is 103 cm³/mol. The number of carbonyl (C=O) groups excluding carboxylic acids is 1. The fourth-order valence-electron chi connectivity index (χ4n) is 2.66. The first kappa shape index (κ1) is 19.2. The summed E-state index contributed by atoms with van der Waals surface area (Å²) in [6.45, 7) is 0. The molecule has 0 aliphatic heterocycles. The number of ether oxygens (including phenoxy) is 2. The summed E-state index contributed by atoms with van der Waals surface area (Å²) in [4.78, 5) is 16.4. The lowest BCUT2D eigenvalue weighted by atomic mass is 10.2. The number of phenols is 1. The number of nitrogens with one attached hydrogen (secondary N) is 1. The van der Waals surface area contributed by atoms with Crippen LogP contribution in [0.25, 0.3) is 11.4 Å². The minimum absolute atomic E-state index is 0.103. The molecule has 0 atom stereocenters. The number of nitrogens with zero attached hydrogens (tertiary/aromatic N) is 2. The van der Waals surface area contributed by atoms with Crippen molar-refractivity contribution in [1.29, 1.82) is 0 Å². The largest absolute Gasteiger partial charge is 0.508 e. The van der Waals surface area contributed by atoms with E-state index in [4.69, 9.17) is 14.0 Å². The Kier molecular flexibility index (Phi) is 6.11. The van der Waals surface area contributed by atoms with E-state index in [9.17, 15) is 9.90 Å². The number of rotatable bonds is 8. The summed E-state index contributed by atoms with van der Waals surface area (Å²) in [6.07, 6.45) is 1.33. The third-order valence-electron chi connectivity index (χ3n) is 4.03. The molecule has 3 aromatic rings. The SMILES string of the molecule is COc1ccc(-c2noc(CCCC(=O)Nc3cccc(O)c3)n2)cc1OC. The van der Waals surface area contributed by atoms with Crippen molar-refractivity contribution in [2.45, 2.75) is 19.3 Å². The third kappa shape index (κ3) is 4.79. The topological polar surface area (TPSA) is 107 Å². The number of benzene rings is 2. The molecule has 2 N–H and O–H groups in total. The summed E-state index contributed by atoms with van der Waals surface area (Å²) in [5.41, 5.74) is 1.30. The van der Waals surface area contributed by atoms with E-state index in [0.717, 1.165) is 5.56 Å².